The highest BCUT2D eigenvalue weighted by atomic mass is 35.5. The number of fused-ring (bicyclic) bond motifs is 1. The van der Waals surface area contributed by atoms with E-state index in [0.717, 1.165) is 38.9 Å². The van der Waals surface area contributed by atoms with Crippen molar-refractivity contribution in [3.63, 3.8) is 0 Å². The van der Waals surface area contributed by atoms with E-state index >= 15 is 0 Å². The zero-order chi connectivity index (χ0) is 18.3. The third-order valence-electron chi connectivity index (χ3n) is 5.16. The zero-order valence-corrected chi connectivity index (χ0v) is 15.8. The lowest BCUT2D eigenvalue weighted by Gasteiger charge is -2.40. The van der Waals surface area contributed by atoms with E-state index in [1.807, 2.05) is 4.90 Å². The Kier molecular flexibility index (Phi) is 4.67. The molecule has 2 saturated heterocycles. The first-order chi connectivity index (χ1) is 12.5. The van der Waals surface area contributed by atoms with E-state index in [4.69, 9.17) is 23.2 Å². The van der Waals surface area contributed by atoms with Gasteiger partial charge in [0.2, 0.25) is 0 Å². The smallest absolute Gasteiger partial charge is 0.256 e. The number of aliphatic hydroxyl groups is 1. The van der Waals surface area contributed by atoms with E-state index in [0.29, 0.717) is 33.3 Å². The van der Waals surface area contributed by atoms with Crippen LogP contribution in [-0.4, -0.2) is 57.7 Å². The maximum absolute atomic E-state index is 12.8. The van der Waals surface area contributed by atoms with Crippen molar-refractivity contribution in [2.75, 3.05) is 31.1 Å². The number of β-amino-alcohol motifs (C(OH)–C–C–N with tert-alkyl or cyclic N) is 1. The van der Waals surface area contributed by atoms with Crippen LogP contribution in [0.3, 0.4) is 0 Å². The number of likely N-dealkylation sites (tertiary alicyclic amines) is 1. The highest BCUT2D eigenvalue weighted by Gasteiger charge is 2.43. The second kappa shape index (κ2) is 6.83. The molecule has 1 N–H and O–H groups in total. The van der Waals surface area contributed by atoms with Gasteiger partial charge in [0.1, 0.15) is 5.82 Å². The van der Waals surface area contributed by atoms with Gasteiger partial charge in [0, 0.05) is 19.6 Å². The Balaban J connectivity index is 1.60. The van der Waals surface area contributed by atoms with E-state index in [9.17, 15) is 9.90 Å². The fraction of sp³-hybridized carbons (Fsp3) is 0.500. The van der Waals surface area contributed by atoms with Crippen LogP contribution in [0, 0.1) is 0 Å². The molecule has 2 aliphatic heterocycles. The molecule has 2 aromatic rings. The summed E-state index contributed by atoms with van der Waals surface area (Å²) < 4.78 is 0. The fourth-order valence-electron chi connectivity index (χ4n) is 3.77. The highest BCUT2D eigenvalue weighted by molar-refractivity contribution is 6.42. The molecule has 8 heteroatoms. The number of amides is 1. The normalized spacial score (nSPS) is 23.7. The first kappa shape index (κ1) is 17.8. The number of anilines is 1. The molecule has 138 valence electrons. The summed E-state index contributed by atoms with van der Waals surface area (Å²) in [5.41, 5.74) is -0.0721. The maximum Gasteiger partial charge on any atom is 0.256 e. The quantitative estimate of drug-likeness (QED) is 0.847. The number of carbonyl (C=O) groups excluding carboxylic acids is 1. The molecule has 0 aliphatic carbocycles. The monoisotopic (exact) mass is 394 g/mol. The highest BCUT2D eigenvalue weighted by Crippen LogP contribution is 2.30. The molecule has 1 aromatic carbocycles. The van der Waals surface area contributed by atoms with Crippen LogP contribution in [0.4, 0.5) is 5.82 Å². The summed E-state index contributed by atoms with van der Waals surface area (Å²) >= 11 is 12.1. The number of aromatic nitrogens is 2. The predicted molar refractivity (Wildman–Crippen MR) is 102 cm³/mol. The van der Waals surface area contributed by atoms with Crippen molar-refractivity contribution < 1.29 is 9.90 Å². The molecule has 1 aromatic heterocycles. The minimum absolute atomic E-state index is 0.164. The SMILES string of the molecule is O=C(N1CCCC1)C1(O)CCCN(c2cnc3cc(Cl)c(Cl)cc3n2)C1. The molecule has 0 radical (unpaired) electrons. The molecule has 0 saturated carbocycles. The van der Waals surface area contributed by atoms with Gasteiger partial charge >= 0.3 is 0 Å². The lowest BCUT2D eigenvalue weighted by Crippen LogP contribution is -2.58. The van der Waals surface area contributed by atoms with Gasteiger partial charge in [-0.05, 0) is 37.8 Å². The number of hydrogen-bond donors (Lipinski definition) is 1. The molecular formula is C18H20Cl2N4O2. The third kappa shape index (κ3) is 3.21. The topological polar surface area (TPSA) is 69.6 Å². The van der Waals surface area contributed by atoms with Crippen LogP contribution < -0.4 is 4.90 Å². The standard InChI is InChI=1S/C18H20Cl2N4O2/c19-12-8-14-15(9-13(12)20)22-16(10-21-14)24-7-3-4-18(26,11-24)17(25)23-5-1-2-6-23/h8-10,26H,1-7,11H2. The molecule has 1 atom stereocenters. The Morgan fingerprint density at radius 2 is 1.77 bits per heavy atom. The minimum atomic E-state index is -1.36. The lowest BCUT2D eigenvalue weighted by molar-refractivity contribution is -0.151. The number of rotatable bonds is 2. The molecule has 2 aliphatic rings. The Hall–Kier alpha value is -1.63. The zero-order valence-electron chi connectivity index (χ0n) is 14.3. The first-order valence-electron chi connectivity index (χ1n) is 8.85. The van der Waals surface area contributed by atoms with Gasteiger partial charge < -0.3 is 14.9 Å². The van der Waals surface area contributed by atoms with Gasteiger partial charge in [-0.2, -0.15) is 0 Å². The van der Waals surface area contributed by atoms with Crippen molar-refractivity contribution in [2.45, 2.75) is 31.3 Å². The molecule has 1 unspecified atom stereocenters. The van der Waals surface area contributed by atoms with Gasteiger partial charge in [-0.15, -0.1) is 0 Å². The predicted octanol–water partition coefficient (Wildman–Crippen LogP) is 2.89. The number of halogens is 2. The molecule has 4 rings (SSSR count). The van der Waals surface area contributed by atoms with Gasteiger partial charge in [0.25, 0.3) is 5.91 Å². The fourth-order valence-corrected chi connectivity index (χ4v) is 4.09. The van der Waals surface area contributed by atoms with Crippen LogP contribution in [0.5, 0.6) is 0 Å². The third-order valence-corrected chi connectivity index (χ3v) is 5.88. The van der Waals surface area contributed by atoms with Crippen LogP contribution in [-0.2, 0) is 4.79 Å². The number of benzene rings is 1. The van der Waals surface area contributed by atoms with E-state index in [1.165, 1.54) is 0 Å². The summed E-state index contributed by atoms with van der Waals surface area (Å²) in [6.07, 6.45) is 4.85. The lowest BCUT2D eigenvalue weighted by atomic mass is 9.91. The molecule has 6 nitrogen and oxygen atoms in total. The van der Waals surface area contributed by atoms with E-state index in [1.54, 1.807) is 23.2 Å². The van der Waals surface area contributed by atoms with Crippen molar-refractivity contribution >= 4 is 46.0 Å². The van der Waals surface area contributed by atoms with Crippen LogP contribution >= 0.6 is 23.2 Å². The summed E-state index contributed by atoms with van der Waals surface area (Å²) in [5.74, 6) is 0.464. The van der Waals surface area contributed by atoms with Crippen molar-refractivity contribution in [2.24, 2.45) is 0 Å². The maximum atomic E-state index is 12.8. The van der Waals surface area contributed by atoms with Gasteiger partial charge in [0.05, 0.1) is 33.8 Å². The summed E-state index contributed by atoms with van der Waals surface area (Å²) in [6, 6.07) is 3.36. The van der Waals surface area contributed by atoms with Crippen LogP contribution in [0.15, 0.2) is 18.3 Å². The van der Waals surface area contributed by atoms with E-state index < -0.39 is 5.60 Å². The van der Waals surface area contributed by atoms with Crippen molar-refractivity contribution in [3.05, 3.63) is 28.4 Å². The average Bonchev–Trinajstić information content (AvgIpc) is 3.16. The number of nitrogens with zero attached hydrogens (tertiary/aromatic N) is 4. The van der Waals surface area contributed by atoms with Gasteiger partial charge in [0.15, 0.2) is 5.60 Å². The molecule has 2 fully saturated rings. The van der Waals surface area contributed by atoms with Crippen molar-refractivity contribution in [3.8, 4) is 0 Å². The number of carbonyl (C=O) groups is 1. The van der Waals surface area contributed by atoms with Crippen LogP contribution in [0.1, 0.15) is 25.7 Å². The molecular weight excluding hydrogens is 375 g/mol. The van der Waals surface area contributed by atoms with Gasteiger partial charge in [-0.25, -0.2) is 4.98 Å². The Bertz CT molecular complexity index is 856. The number of hydrogen-bond acceptors (Lipinski definition) is 5. The molecule has 1 amide bonds. The molecule has 0 spiro atoms. The Morgan fingerprint density at radius 1 is 1.08 bits per heavy atom. The summed E-state index contributed by atoms with van der Waals surface area (Å²) in [4.78, 5) is 25.5. The number of piperidine rings is 1. The van der Waals surface area contributed by atoms with Gasteiger partial charge in [-0.1, -0.05) is 23.2 Å². The molecule has 26 heavy (non-hydrogen) atoms. The Morgan fingerprint density at radius 3 is 2.50 bits per heavy atom. The summed E-state index contributed by atoms with van der Waals surface area (Å²) in [5, 5.41) is 11.9. The molecule has 3 heterocycles. The Labute approximate surface area is 161 Å². The summed E-state index contributed by atoms with van der Waals surface area (Å²) in [7, 11) is 0. The van der Waals surface area contributed by atoms with Crippen molar-refractivity contribution in [1.82, 2.24) is 14.9 Å². The molecule has 0 bridgehead atoms. The van der Waals surface area contributed by atoms with Crippen molar-refractivity contribution in [1.29, 1.82) is 0 Å². The van der Waals surface area contributed by atoms with E-state index in [2.05, 4.69) is 9.97 Å². The summed E-state index contributed by atoms with van der Waals surface area (Å²) in [6.45, 7) is 2.41. The minimum Gasteiger partial charge on any atom is -0.378 e. The van der Waals surface area contributed by atoms with Crippen LogP contribution in [0.25, 0.3) is 11.0 Å². The van der Waals surface area contributed by atoms with E-state index in [-0.39, 0.29) is 12.5 Å². The largest absolute Gasteiger partial charge is 0.378 e. The van der Waals surface area contributed by atoms with Crippen LogP contribution in [0.2, 0.25) is 10.0 Å². The van der Waals surface area contributed by atoms with Gasteiger partial charge in [-0.3, -0.25) is 9.78 Å². The second-order valence-corrected chi connectivity index (χ2v) is 7.85. The first-order valence-corrected chi connectivity index (χ1v) is 9.60. The second-order valence-electron chi connectivity index (χ2n) is 7.04. The average molecular weight is 395 g/mol.